The van der Waals surface area contributed by atoms with Crippen LogP contribution in [0.2, 0.25) is 0 Å². The monoisotopic (exact) mass is 450 g/mol. The molecule has 0 bridgehead atoms. The third-order valence-corrected chi connectivity index (χ3v) is 5.80. The molecular weight excluding hydrogens is 424 g/mol. The van der Waals surface area contributed by atoms with E-state index in [4.69, 9.17) is 9.47 Å². The molecule has 0 spiro atoms. The smallest absolute Gasteiger partial charge is 0.268 e. The number of benzene rings is 1. The topological polar surface area (TPSA) is 103 Å². The Balaban J connectivity index is 1.23. The molecular formula is C23H26N6O4. The molecule has 3 heterocycles. The maximum atomic E-state index is 13.0. The van der Waals surface area contributed by atoms with Gasteiger partial charge in [-0.2, -0.15) is 15.0 Å². The summed E-state index contributed by atoms with van der Waals surface area (Å²) in [7, 11) is 3.38. The SMILES string of the molecule is CN(C)C(=O)Cn1nc2ccc(N3CCC(Oc4ccc(OCC5CC5)nc4)C3=O)cc2n1. The van der Waals surface area contributed by atoms with E-state index >= 15 is 0 Å². The Morgan fingerprint density at radius 3 is 2.67 bits per heavy atom. The van der Waals surface area contributed by atoms with Crippen LogP contribution < -0.4 is 14.4 Å². The van der Waals surface area contributed by atoms with Crippen LogP contribution in [0.15, 0.2) is 36.5 Å². The van der Waals surface area contributed by atoms with Crippen molar-refractivity contribution in [2.45, 2.75) is 31.9 Å². The van der Waals surface area contributed by atoms with E-state index in [0.29, 0.717) is 48.2 Å². The van der Waals surface area contributed by atoms with Gasteiger partial charge in [-0.1, -0.05) is 0 Å². The highest BCUT2D eigenvalue weighted by Crippen LogP contribution is 2.30. The average Bonchev–Trinajstić information content (AvgIpc) is 3.45. The molecule has 2 aliphatic rings. The number of amides is 2. The van der Waals surface area contributed by atoms with Crippen LogP contribution in [0.1, 0.15) is 19.3 Å². The van der Waals surface area contributed by atoms with Crippen LogP contribution in [0.4, 0.5) is 5.69 Å². The second kappa shape index (κ2) is 8.68. The molecule has 0 radical (unpaired) electrons. The Morgan fingerprint density at radius 2 is 1.94 bits per heavy atom. The van der Waals surface area contributed by atoms with Crippen LogP contribution in [0.5, 0.6) is 11.6 Å². The van der Waals surface area contributed by atoms with Crippen molar-refractivity contribution < 1.29 is 19.1 Å². The Bertz CT molecular complexity index is 1170. The van der Waals surface area contributed by atoms with Gasteiger partial charge in [-0.05, 0) is 43.0 Å². The van der Waals surface area contributed by atoms with Gasteiger partial charge in [-0.15, -0.1) is 0 Å². The first-order chi connectivity index (χ1) is 16.0. The van der Waals surface area contributed by atoms with Crippen LogP contribution in [-0.4, -0.2) is 70.0 Å². The van der Waals surface area contributed by atoms with Crippen LogP contribution >= 0.6 is 0 Å². The molecule has 2 amide bonds. The van der Waals surface area contributed by atoms with Crippen molar-refractivity contribution >= 4 is 28.5 Å². The normalized spacial score (nSPS) is 18.1. The molecule has 1 unspecified atom stereocenters. The van der Waals surface area contributed by atoms with Crippen molar-refractivity contribution in [3.05, 3.63) is 36.5 Å². The number of hydrogen-bond acceptors (Lipinski definition) is 7. The quantitative estimate of drug-likeness (QED) is 0.516. The van der Waals surface area contributed by atoms with E-state index in [1.165, 1.54) is 22.5 Å². The predicted molar refractivity (Wildman–Crippen MR) is 120 cm³/mol. The summed E-state index contributed by atoms with van der Waals surface area (Å²) in [6.45, 7) is 1.31. The number of nitrogens with zero attached hydrogens (tertiary/aromatic N) is 6. The molecule has 1 saturated carbocycles. The summed E-state index contributed by atoms with van der Waals surface area (Å²) in [5.41, 5.74) is 2.02. The highest BCUT2D eigenvalue weighted by Gasteiger charge is 2.34. The number of aromatic nitrogens is 4. The van der Waals surface area contributed by atoms with Gasteiger partial charge < -0.3 is 19.3 Å². The zero-order chi connectivity index (χ0) is 22.9. The molecule has 1 aliphatic heterocycles. The zero-order valence-corrected chi connectivity index (χ0v) is 18.7. The number of fused-ring (bicyclic) bond motifs is 1. The Kier molecular flexibility index (Phi) is 5.57. The second-order valence-corrected chi connectivity index (χ2v) is 8.66. The van der Waals surface area contributed by atoms with E-state index in [1.807, 2.05) is 12.1 Å². The minimum absolute atomic E-state index is 0.0635. The van der Waals surface area contributed by atoms with Crippen molar-refractivity contribution in [3.8, 4) is 11.6 Å². The van der Waals surface area contributed by atoms with Crippen molar-refractivity contribution in [2.75, 3.05) is 32.1 Å². The summed E-state index contributed by atoms with van der Waals surface area (Å²) in [5, 5.41) is 8.72. The van der Waals surface area contributed by atoms with E-state index < -0.39 is 6.10 Å². The first-order valence-corrected chi connectivity index (χ1v) is 11.1. The van der Waals surface area contributed by atoms with Crippen LogP contribution in [0.3, 0.4) is 0 Å². The lowest BCUT2D eigenvalue weighted by Crippen LogP contribution is -2.32. The summed E-state index contributed by atoms with van der Waals surface area (Å²) in [5.74, 6) is 1.56. The van der Waals surface area contributed by atoms with Crippen molar-refractivity contribution in [1.82, 2.24) is 24.9 Å². The van der Waals surface area contributed by atoms with Crippen LogP contribution in [0, 0.1) is 5.92 Å². The van der Waals surface area contributed by atoms with Crippen molar-refractivity contribution in [1.29, 1.82) is 0 Å². The van der Waals surface area contributed by atoms with Crippen LogP contribution in [0.25, 0.3) is 11.0 Å². The third kappa shape index (κ3) is 4.74. The summed E-state index contributed by atoms with van der Waals surface area (Å²) in [6.07, 6.45) is 4.04. The Morgan fingerprint density at radius 1 is 1.12 bits per heavy atom. The molecule has 2 fully saturated rings. The van der Waals surface area contributed by atoms with Gasteiger partial charge in [0.15, 0.2) is 6.10 Å². The van der Waals surface area contributed by atoms with Gasteiger partial charge >= 0.3 is 0 Å². The number of likely N-dealkylation sites (N-methyl/N-ethyl adjacent to an activating group) is 1. The van der Waals surface area contributed by atoms with E-state index in [-0.39, 0.29) is 18.4 Å². The number of ether oxygens (including phenoxy) is 2. The van der Waals surface area contributed by atoms with Gasteiger partial charge in [0.25, 0.3) is 5.91 Å². The first kappa shape index (κ1) is 21.2. The standard InChI is InChI=1S/C23H26N6O4/c1-27(2)22(30)13-29-25-18-7-5-16(11-19(18)26-29)28-10-9-20(23(28)31)33-17-6-8-21(24-12-17)32-14-15-3-4-15/h5-8,11-12,15,20H,3-4,9-10,13-14H2,1-2H3. The Labute approximate surface area is 191 Å². The molecule has 10 heteroatoms. The zero-order valence-electron chi connectivity index (χ0n) is 18.7. The van der Waals surface area contributed by atoms with Crippen molar-refractivity contribution in [2.24, 2.45) is 5.92 Å². The van der Waals surface area contributed by atoms with Gasteiger partial charge in [0, 0.05) is 38.8 Å². The molecule has 1 aliphatic carbocycles. The summed E-state index contributed by atoms with van der Waals surface area (Å²) >= 11 is 0. The average molecular weight is 450 g/mol. The lowest BCUT2D eigenvalue weighted by Gasteiger charge is -2.17. The minimum Gasteiger partial charge on any atom is -0.479 e. The van der Waals surface area contributed by atoms with Gasteiger partial charge in [0.2, 0.25) is 11.8 Å². The molecule has 1 aromatic carbocycles. The number of hydrogen-bond donors (Lipinski definition) is 0. The lowest BCUT2D eigenvalue weighted by molar-refractivity contribution is -0.129. The number of carbonyl (C=O) groups excluding carboxylic acids is 2. The fraction of sp³-hybridized carbons (Fsp3) is 0.435. The first-order valence-electron chi connectivity index (χ1n) is 11.1. The maximum absolute atomic E-state index is 13.0. The number of carbonyl (C=O) groups is 2. The van der Waals surface area contributed by atoms with Gasteiger partial charge in [0.05, 0.1) is 12.8 Å². The van der Waals surface area contributed by atoms with Gasteiger partial charge in [-0.25, -0.2) is 4.98 Å². The second-order valence-electron chi connectivity index (χ2n) is 8.66. The van der Waals surface area contributed by atoms with Crippen molar-refractivity contribution in [3.63, 3.8) is 0 Å². The Hall–Kier alpha value is -3.69. The van der Waals surface area contributed by atoms with Gasteiger partial charge in [0.1, 0.15) is 23.3 Å². The minimum atomic E-state index is -0.575. The molecule has 2 aromatic heterocycles. The van der Waals surface area contributed by atoms with E-state index in [0.717, 1.165) is 5.69 Å². The van der Waals surface area contributed by atoms with Gasteiger partial charge in [-0.3, -0.25) is 9.59 Å². The largest absolute Gasteiger partial charge is 0.479 e. The fourth-order valence-corrected chi connectivity index (χ4v) is 3.64. The van der Waals surface area contributed by atoms with E-state index in [9.17, 15) is 9.59 Å². The molecule has 5 rings (SSSR count). The molecule has 1 atom stereocenters. The summed E-state index contributed by atoms with van der Waals surface area (Å²) < 4.78 is 11.6. The molecule has 1 saturated heterocycles. The summed E-state index contributed by atoms with van der Waals surface area (Å²) in [6, 6.07) is 9.01. The summed E-state index contributed by atoms with van der Waals surface area (Å²) in [4.78, 5) is 33.7. The van der Waals surface area contributed by atoms with E-state index in [2.05, 4.69) is 15.2 Å². The maximum Gasteiger partial charge on any atom is 0.268 e. The highest BCUT2D eigenvalue weighted by molar-refractivity contribution is 6.00. The molecule has 33 heavy (non-hydrogen) atoms. The number of anilines is 1. The highest BCUT2D eigenvalue weighted by atomic mass is 16.5. The molecule has 3 aromatic rings. The third-order valence-electron chi connectivity index (χ3n) is 5.80. The van der Waals surface area contributed by atoms with E-state index in [1.54, 1.807) is 43.4 Å². The number of pyridine rings is 1. The predicted octanol–water partition coefficient (Wildman–Crippen LogP) is 1.89. The number of rotatable bonds is 8. The fourth-order valence-electron chi connectivity index (χ4n) is 3.64. The molecule has 10 nitrogen and oxygen atoms in total. The molecule has 172 valence electrons. The lowest BCUT2D eigenvalue weighted by atomic mass is 10.2. The van der Waals surface area contributed by atoms with Crippen LogP contribution in [-0.2, 0) is 16.1 Å². The molecule has 0 N–H and O–H groups in total.